The van der Waals surface area contributed by atoms with E-state index in [4.69, 9.17) is 11.6 Å². The van der Waals surface area contributed by atoms with Gasteiger partial charge in [0.15, 0.2) is 0 Å². The van der Waals surface area contributed by atoms with Gasteiger partial charge in [-0.15, -0.1) is 12.4 Å². The van der Waals surface area contributed by atoms with Crippen molar-refractivity contribution in [3.63, 3.8) is 0 Å². The molecule has 0 aromatic heterocycles. The molecule has 1 N–H and O–H groups in total. The van der Waals surface area contributed by atoms with Crippen LogP contribution in [-0.4, -0.2) is 23.3 Å². The van der Waals surface area contributed by atoms with E-state index in [9.17, 15) is 5.11 Å². The summed E-state index contributed by atoms with van der Waals surface area (Å²) in [5.41, 5.74) is 1.20. The lowest BCUT2D eigenvalue weighted by molar-refractivity contribution is 0.262. The highest BCUT2D eigenvalue weighted by atomic mass is 35.5. The number of hydrogen-bond donors (Lipinski definition) is 1. The Kier molecular flexibility index (Phi) is 4.70. The second-order valence-electron chi connectivity index (χ2n) is 5.04. The normalized spacial score (nSPS) is 22.4. The first-order chi connectivity index (χ1) is 7.54. The van der Waals surface area contributed by atoms with Gasteiger partial charge in [-0.3, -0.25) is 0 Å². The molecule has 1 aliphatic heterocycles. The second kappa shape index (κ2) is 5.47. The molecular weight excluding hydrogens is 257 g/mol. The monoisotopic (exact) mass is 275 g/mol. The molecular formula is C13H19Cl2NO. The molecule has 2 rings (SSSR count). The summed E-state index contributed by atoms with van der Waals surface area (Å²) in [6, 6.07) is 8.08. The first-order valence-electron chi connectivity index (χ1n) is 5.70. The summed E-state index contributed by atoms with van der Waals surface area (Å²) in [5.74, 6) is 0. The van der Waals surface area contributed by atoms with E-state index in [1.807, 2.05) is 18.2 Å². The van der Waals surface area contributed by atoms with E-state index in [0.29, 0.717) is 0 Å². The first-order valence-corrected chi connectivity index (χ1v) is 6.08. The number of benzene rings is 1. The topological polar surface area (TPSA) is 23.5 Å². The first kappa shape index (κ1) is 14.6. The van der Waals surface area contributed by atoms with Crippen LogP contribution in [0.25, 0.3) is 0 Å². The minimum Gasteiger partial charge on any atom is -0.394 e. The zero-order chi connectivity index (χ0) is 11.8. The molecule has 0 aliphatic carbocycles. The predicted molar refractivity (Wildman–Crippen MR) is 75.4 cm³/mol. The lowest BCUT2D eigenvalue weighted by Gasteiger charge is -2.37. The Morgan fingerprint density at radius 3 is 2.76 bits per heavy atom. The molecule has 96 valence electrons. The minimum absolute atomic E-state index is 0. The standard InChI is InChI=1S/C13H18ClNO.ClH/c1-13(2)7-6-12(9-16)15(13)11-5-3-4-10(14)8-11;/h3-5,8,12,16H,6-7,9H2,1-2H3;1H/t12-;/m1./s1. The van der Waals surface area contributed by atoms with Crippen molar-refractivity contribution in [1.29, 1.82) is 0 Å². The lowest BCUT2D eigenvalue weighted by atomic mass is 10.0. The third-order valence-electron chi connectivity index (χ3n) is 3.40. The molecule has 1 atom stereocenters. The Morgan fingerprint density at radius 2 is 2.18 bits per heavy atom. The van der Waals surface area contributed by atoms with Crippen LogP contribution in [0.1, 0.15) is 26.7 Å². The van der Waals surface area contributed by atoms with Gasteiger partial charge in [0.1, 0.15) is 0 Å². The number of aliphatic hydroxyl groups is 1. The maximum absolute atomic E-state index is 9.42. The van der Waals surface area contributed by atoms with Crippen LogP contribution in [0.4, 0.5) is 5.69 Å². The second-order valence-corrected chi connectivity index (χ2v) is 5.47. The molecule has 1 heterocycles. The third-order valence-corrected chi connectivity index (χ3v) is 3.64. The van der Waals surface area contributed by atoms with Gasteiger partial charge < -0.3 is 10.0 Å². The average molecular weight is 276 g/mol. The summed E-state index contributed by atoms with van der Waals surface area (Å²) in [4.78, 5) is 2.29. The van der Waals surface area contributed by atoms with Gasteiger partial charge >= 0.3 is 0 Å². The Labute approximate surface area is 114 Å². The fourth-order valence-corrected chi connectivity index (χ4v) is 2.81. The SMILES string of the molecule is CC1(C)CC[C@H](CO)N1c1cccc(Cl)c1.Cl. The zero-order valence-corrected chi connectivity index (χ0v) is 11.8. The van der Waals surface area contributed by atoms with Gasteiger partial charge in [-0.2, -0.15) is 0 Å². The largest absolute Gasteiger partial charge is 0.394 e. The summed E-state index contributed by atoms with van der Waals surface area (Å²) >= 11 is 6.02. The molecule has 0 spiro atoms. The van der Waals surface area contributed by atoms with Gasteiger partial charge in [0.25, 0.3) is 0 Å². The maximum atomic E-state index is 9.42. The minimum atomic E-state index is 0. The van der Waals surface area contributed by atoms with Gasteiger partial charge in [0.2, 0.25) is 0 Å². The maximum Gasteiger partial charge on any atom is 0.0635 e. The van der Waals surface area contributed by atoms with Crippen LogP contribution in [-0.2, 0) is 0 Å². The predicted octanol–water partition coefficient (Wildman–Crippen LogP) is 3.50. The average Bonchev–Trinajstić information content (AvgIpc) is 2.53. The lowest BCUT2D eigenvalue weighted by Crippen LogP contribution is -2.44. The molecule has 2 nitrogen and oxygen atoms in total. The summed E-state index contributed by atoms with van der Waals surface area (Å²) < 4.78 is 0. The van der Waals surface area contributed by atoms with Crippen LogP contribution in [0, 0.1) is 0 Å². The molecule has 1 aromatic rings. The number of aliphatic hydroxyl groups excluding tert-OH is 1. The van der Waals surface area contributed by atoms with E-state index in [-0.39, 0.29) is 30.6 Å². The summed E-state index contributed by atoms with van der Waals surface area (Å²) in [6.45, 7) is 4.63. The molecule has 1 aromatic carbocycles. The molecule has 0 radical (unpaired) electrons. The van der Waals surface area contributed by atoms with Gasteiger partial charge in [0, 0.05) is 16.2 Å². The quantitative estimate of drug-likeness (QED) is 0.893. The highest BCUT2D eigenvalue weighted by Gasteiger charge is 2.38. The van der Waals surface area contributed by atoms with Crippen molar-refractivity contribution in [2.24, 2.45) is 0 Å². The van der Waals surface area contributed by atoms with Crippen molar-refractivity contribution in [2.75, 3.05) is 11.5 Å². The van der Waals surface area contributed by atoms with Crippen LogP contribution in [0.2, 0.25) is 5.02 Å². The highest BCUT2D eigenvalue weighted by molar-refractivity contribution is 6.30. The number of hydrogen-bond acceptors (Lipinski definition) is 2. The molecule has 4 heteroatoms. The fourth-order valence-electron chi connectivity index (χ4n) is 2.62. The van der Waals surface area contributed by atoms with Crippen LogP contribution in [0.5, 0.6) is 0 Å². The van der Waals surface area contributed by atoms with Crippen LogP contribution in [0.3, 0.4) is 0 Å². The smallest absolute Gasteiger partial charge is 0.0635 e. The van der Waals surface area contributed by atoms with E-state index in [0.717, 1.165) is 23.6 Å². The van der Waals surface area contributed by atoms with Crippen molar-refractivity contribution in [3.05, 3.63) is 29.3 Å². The molecule has 0 amide bonds. The van der Waals surface area contributed by atoms with E-state index in [2.05, 4.69) is 24.8 Å². The van der Waals surface area contributed by atoms with Crippen molar-refractivity contribution in [3.8, 4) is 0 Å². The molecule has 1 saturated heterocycles. The number of anilines is 1. The van der Waals surface area contributed by atoms with Crippen LogP contribution in [0.15, 0.2) is 24.3 Å². The third kappa shape index (κ3) is 2.87. The van der Waals surface area contributed by atoms with Gasteiger partial charge in [-0.05, 0) is 44.9 Å². The number of rotatable bonds is 2. The highest BCUT2D eigenvalue weighted by Crippen LogP contribution is 2.38. The molecule has 0 saturated carbocycles. The number of halogens is 2. The zero-order valence-electron chi connectivity index (χ0n) is 10.2. The van der Waals surface area contributed by atoms with Crippen molar-refractivity contribution < 1.29 is 5.11 Å². The van der Waals surface area contributed by atoms with Gasteiger partial charge in [-0.1, -0.05) is 17.7 Å². The van der Waals surface area contributed by atoms with E-state index in [1.54, 1.807) is 0 Å². The van der Waals surface area contributed by atoms with E-state index >= 15 is 0 Å². The molecule has 0 unspecified atom stereocenters. The molecule has 17 heavy (non-hydrogen) atoms. The Morgan fingerprint density at radius 1 is 1.47 bits per heavy atom. The molecule has 1 fully saturated rings. The van der Waals surface area contributed by atoms with Crippen LogP contribution >= 0.6 is 24.0 Å². The van der Waals surface area contributed by atoms with Crippen molar-refractivity contribution >= 4 is 29.7 Å². The summed E-state index contributed by atoms with van der Waals surface area (Å²) in [5, 5.41) is 10.2. The summed E-state index contributed by atoms with van der Waals surface area (Å²) in [7, 11) is 0. The molecule has 1 aliphatic rings. The van der Waals surface area contributed by atoms with Crippen molar-refractivity contribution in [1.82, 2.24) is 0 Å². The van der Waals surface area contributed by atoms with Gasteiger partial charge in [0.05, 0.1) is 12.6 Å². The molecule has 0 bridgehead atoms. The van der Waals surface area contributed by atoms with Crippen LogP contribution < -0.4 is 4.90 Å². The fraction of sp³-hybridized carbons (Fsp3) is 0.538. The van der Waals surface area contributed by atoms with E-state index < -0.39 is 0 Å². The Balaban J connectivity index is 0.00000144. The Hall–Kier alpha value is -0.440. The Bertz CT molecular complexity index is 381. The summed E-state index contributed by atoms with van der Waals surface area (Å²) in [6.07, 6.45) is 2.14. The van der Waals surface area contributed by atoms with E-state index in [1.165, 1.54) is 0 Å². The van der Waals surface area contributed by atoms with Gasteiger partial charge in [-0.25, -0.2) is 0 Å². The van der Waals surface area contributed by atoms with Crippen molar-refractivity contribution in [2.45, 2.75) is 38.3 Å². The number of nitrogens with zero attached hydrogens (tertiary/aromatic N) is 1.